The zero-order chi connectivity index (χ0) is 9.26. The quantitative estimate of drug-likeness (QED) is 0.741. The number of nitrogens with zero attached hydrogens (tertiary/aromatic N) is 1. The molecule has 0 aliphatic carbocycles. The number of benzene rings is 1. The van der Waals surface area contributed by atoms with Crippen LogP contribution in [0.25, 0.3) is 10.9 Å². The molecule has 0 atom stereocenters. The molecule has 2 heteroatoms. The second-order valence-corrected chi connectivity index (χ2v) is 3.25. The van der Waals surface area contributed by atoms with Gasteiger partial charge < -0.3 is 9.67 Å². The van der Waals surface area contributed by atoms with Crippen molar-refractivity contribution in [1.29, 1.82) is 0 Å². The molecule has 0 aliphatic heterocycles. The highest BCUT2D eigenvalue weighted by atomic mass is 16.3. The maximum Gasteiger partial charge on any atom is 0.0610 e. The Labute approximate surface area is 77.4 Å². The van der Waals surface area contributed by atoms with Crippen molar-refractivity contribution in [1.82, 2.24) is 4.57 Å². The van der Waals surface area contributed by atoms with Gasteiger partial charge in [-0.15, -0.1) is 0 Å². The van der Waals surface area contributed by atoms with Gasteiger partial charge in [0.25, 0.3) is 0 Å². The lowest BCUT2D eigenvalue weighted by molar-refractivity contribution is 0.278. The Morgan fingerprint density at radius 2 is 2.15 bits per heavy atom. The summed E-state index contributed by atoms with van der Waals surface area (Å²) >= 11 is 0. The van der Waals surface area contributed by atoms with E-state index in [1.807, 2.05) is 6.20 Å². The Bertz CT molecular complexity index is 417. The van der Waals surface area contributed by atoms with Crippen LogP contribution in [-0.2, 0) is 6.54 Å². The van der Waals surface area contributed by atoms with Crippen LogP contribution >= 0.6 is 0 Å². The van der Waals surface area contributed by atoms with Crippen LogP contribution in [0.15, 0.2) is 30.5 Å². The molecule has 0 spiro atoms. The minimum atomic E-state index is 0.193. The number of aliphatic hydroxyl groups is 1. The predicted molar refractivity (Wildman–Crippen MR) is 53.8 cm³/mol. The molecule has 0 saturated heterocycles. The SMILES string of the molecule is Cc1cccc2ccn(CCO)c12. The van der Waals surface area contributed by atoms with Gasteiger partial charge in [-0.1, -0.05) is 18.2 Å². The van der Waals surface area contributed by atoms with Gasteiger partial charge in [-0.05, 0) is 23.9 Å². The van der Waals surface area contributed by atoms with Gasteiger partial charge in [0.05, 0.1) is 12.1 Å². The highest BCUT2D eigenvalue weighted by Gasteiger charge is 2.01. The van der Waals surface area contributed by atoms with E-state index in [0.717, 1.165) is 0 Å². The molecule has 0 fully saturated rings. The average molecular weight is 175 g/mol. The van der Waals surface area contributed by atoms with Crippen molar-refractivity contribution in [3.05, 3.63) is 36.0 Å². The van der Waals surface area contributed by atoms with E-state index >= 15 is 0 Å². The van der Waals surface area contributed by atoms with Gasteiger partial charge >= 0.3 is 0 Å². The first-order valence-electron chi connectivity index (χ1n) is 4.48. The molecular weight excluding hydrogens is 162 g/mol. The van der Waals surface area contributed by atoms with Crippen LogP contribution in [0.2, 0.25) is 0 Å². The second-order valence-electron chi connectivity index (χ2n) is 3.25. The third-order valence-corrected chi connectivity index (χ3v) is 2.33. The monoisotopic (exact) mass is 175 g/mol. The van der Waals surface area contributed by atoms with Crippen molar-refractivity contribution in [3.8, 4) is 0 Å². The molecule has 1 aromatic carbocycles. The van der Waals surface area contributed by atoms with Crippen molar-refractivity contribution >= 4 is 10.9 Å². The summed E-state index contributed by atoms with van der Waals surface area (Å²) in [6, 6.07) is 8.32. The van der Waals surface area contributed by atoms with Gasteiger partial charge in [0.1, 0.15) is 0 Å². The third-order valence-electron chi connectivity index (χ3n) is 2.33. The maximum absolute atomic E-state index is 8.87. The van der Waals surface area contributed by atoms with Gasteiger partial charge in [-0.2, -0.15) is 0 Å². The topological polar surface area (TPSA) is 25.2 Å². The Balaban J connectivity index is 2.64. The van der Waals surface area contributed by atoms with Crippen LogP contribution in [0.5, 0.6) is 0 Å². The predicted octanol–water partition coefficient (Wildman–Crippen LogP) is 1.94. The van der Waals surface area contributed by atoms with Gasteiger partial charge in [-0.25, -0.2) is 0 Å². The van der Waals surface area contributed by atoms with E-state index in [4.69, 9.17) is 5.11 Å². The normalized spacial score (nSPS) is 10.9. The largest absolute Gasteiger partial charge is 0.395 e. The first kappa shape index (κ1) is 8.32. The van der Waals surface area contributed by atoms with E-state index in [0.29, 0.717) is 6.54 Å². The third kappa shape index (κ3) is 1.33. The Kier molecular flexibility index (Phi) is 2.07. The number of aliphatic hydroxyl groups excluding tert-OH is 1. The zero-order valence-corrected chi connectivity index (χ0v) is 7.70. The standard InChI is InChI=1S/C11H13NO/c1-9-3-2-4-10-5-6-12(7-8-13)11(9)10/h2-6,13H,7-8H2,1H3. The molecule has 1 N–H and O–H groups in total. The molecule has 2 rings (SSSR count). The summed E-state index contributed by atoms with van der Waals surface area (Å²) < 4.78 is 2.09. The van der Waals surface area contributed by atoms with Gasteiger partial charge in [-0.3, -0.25) is 0 Å². The first-order chi connectivity index (χ1) is 6.33. The summed E-state index contributed by atoms with van der Waals surface area (Å²) in [7, 11) is 0. The van der Waals surface area contributed by atoms with Crippen LogP contribution in [0.4, 0.5) is 0 Å². The molecule has 2 nitrogen and oxygen atoms in total. The van der Waals surface area contributed by atoms with E-state index in [1.54, 1.807) is 0 Å². The molecule has 13 heavy (non-hydrogen) atoms. The summed E-state index contributed by atoms with van der Waals surface area (Å²) in [6.45, 7) is 2.96. The van der Waals surface area contributed by atoms with Crippen LogP contribution in [0.3, 0.4) is 0 Å². The van der Waals surface area contributed by atoms with E-state index in [1.165, 1.54) is 16.5 Å². The number of hydrogen-bond donors (Lipinski definition) is 1. The first-order valence-corrected chi connectivity index (χ1v) is 4.48. The summed E-state index contributed by atoms with van der Waals surface area (Å²) in [5, 5.41) is 10.1. The lowest BCUT2D eigenvalue weighted by Gasteiger charge is -2.04. The Morgan fingerprint density at radius 1 is 1.31 bits per heavy atom. The molecule has 0 bridgehead atoms. The fraction of sp³-hybridized carbons (Fsp3) is 0.273. The van der Waals surface area contributed by atoms with Crippen LogP contribution in [-0.4, -0.2) is 16.3 Å². The minimum Gasteiger partial charge on any atom is -0.395 e. The molecule has 1 heterocycles. The second kappa shape index (κ2) is 3.23. The Morgan fingerprint density at radius 3 is 2.92 bits per heavy atom. The molecule has 0 aliphatic rings. The molecule has 0 radical (unpaired) electrons. The molecule has 68 valence electrons. The lowest BCUT2D eigenvalue weighted by atomic mass is 10.2. The average Bonchev–Trinajstić information content (AvgIpc) is 2.51. The molecule has 2 aromatic rings. The number of aromatic nitrogens is 1. The summed E-state index contributed by atoms with van der Waals surface area (Å²) in [5.41, 5.74) is 2.49. The molecule has 0 unspecified atom stereocenters. The summed E-state index contributed by atoms with van der Waals surface area (Å²) in [6.07, 6.45) is 2.02. The molecule has 1 aromatic heterocycles. The number of rotatable bonds is 2. The highest BCUT2D eigenvalue weighted by Crippen LogP contribution is 2.19. The fourth-order valence-corrected chi connectivity index (χ4v) is 1.75. The maximum atomic E-state index is 8.87. The Hall–Kier alpha value is -1.28. The van der Waals surface area contributed by atoms with Crippen molar-refractivity contribution in [3.63, 3.8) is 0 Å². The smallest absolute Gasteiger partial charge is 0.0610 e. The van der Waals surface area contributed by atoms with Gasteiger partial charge in [0, 0.05) is 12.7 Å². The van der Waals surface area contributed by atoms with Crippen molar-refractivity contribution in [2.45, 2.75) is 13.5 Å². The number of fused-ring (bicyclic) bond motifs is 1. The van der Waals surface area contributed by atoms with E-state index in [2.05, 4.69) is 35.8 Å². The number of aryl methyl sites for hydroxylation is 1. The van der Waals surface area contributed by atoms with E-state index in [-0.39, 0.29) is 6.61 Å². The number of para-hydroxylation sites is 1. The van der Waals surface area contributed by atoms with Gasteiger partial charge in [0.2, 0.25) is 0 Å². The minimum absolute atomic E-state index is 0.193. The molecular formula is C11H13NO. The van der Waals surface area contributed by atoms with Crippen LogP contribution in [0.1, 0.15) is 5.56 Å². The lowest BCUT2D eigenvalue weighted by Crippen LogP contribution is -2.00. The van der Waals surface area contributed by atoms with Crippen molar-refractivity contribution < 1.29 is 5.11 Å². The summed E-state index contributed by atoms with van der Waals surface area (Å²) in [4.78, 5) is 0. The fourth-order valence-electron chi connectivity index (χ4n) is 1.75. The highest BCUT2D eigenvalue weighted by molar-refractivity contribution is 5.83. The van der Waals surface area contributed by atoms with Crippen LogP contribution < -0.4 is 0 Å². The zero-order valence-electron chi connectivity index (χ0n) is 7.70. The van der Waals surface area contributed by atoms with Crippen molar-refractivity contribution in [2.24, 2.45) is 0 Å². The van der Waals surface area contributed by atoms with Gasteiger partial charge in [0.15, 0.2) is 0 Å². The molecule has 0 saturated carbocycles. The summed E-state index contributed by atoms with van der Waals surface area (Å²) in [5.74, 6) is 0. The molecule has 0 amide bonds. The van der Waals surface area contributed by atoms with E-state index < -0.39 is 0 Å². The van der Waals surface area contributed by atoms with Crippen molar-refractivity contribution in [2.75, 3.05) is 6.61 Å². The number of hydrogen-bond acceptors (Lipinski definition) is 1. The van der Waals surface area contributed by atoms with E-state index in [9.17, 15) is 0 Å². The van der Waals surface area contributed by atoms with Crippen LogP contribution in [0, 0.1) is 6.92 Å².